The molecule has 1 saturated heterocycles. The molecule has 4 rings (SSSR count). The van der Waals surface area contributed by atoms with Crippen LogP contribution in [0.3, 0.4) is 0 Å². The van der Waals surface area contributed by atoms with E-state index in [1.165, 1.54) is 6.07 Å². The highest BCUT2D eigenvalue weighted by Crippen LogP contribution is 2.28. The minimum absolute atomic E-state index is 0.0185. The first-order valence-corrected chi connectivity index (χ1v) is 9.42. The van der Waals surface area contributed by atoms with Crippen molar-refractivity contribution in [3.8, 4) is 5.75 Å². The lowest BCUT2D eigenvalue weighted by Crippen LogP contribution is -2.48. The highest BCUT2D eigenvalue weighted by molar-refractivity contribution is 5.93. The smallest absolute Gasteiger partial charge is 0.224 e. The third kappa shape index (κ3) is 4.15. The summed E-state index contributed by atoms with van der Waals surface area (Å²) in [6.07, 6.45) is 0.737. The average Bonchev–Trinajstić information content (AvgIpc) is 2.67. The van der Waals surface area contributed by atoms with E-state index in [9.17, 15) is 18.7 Å². The first-order valence-electron chi connectivity index (χ1n) is 9.42. The van der Waals surface area contributed by atoms with Crippen LogP contribution in [0.5, 0.6) is 5.75 Å². The van der Waals surface area contributed by atoms with Crippen molar-refractivity contribution in [3.63, 3.8) is 0 Å². The van der Waals surface area contributed by atoms with Crippen LogP contribution >= 0.6 is 0 Å². The van der Waals surface area contributed by atoms with Gasteiger partial charge in [-0.3, -0.25) is 9.69 Å². The molecular formula is C21H22F2N2O3. The molecule has 1 fully saturated rings. The maximum atomic E-state index is 13.4. The van der Waals surface area contributed by atoms with E-state index in [2.05, 4.69) is 5.32 Å². The molecule has 0 aliphatic carbocycles. The Hall–Kier alpha value is -2.51. The molecule has 2 N–H and O–H groups in total. The van der Waals surface area contributed by atoms with Crippen LogP contribution in [0.15, 0.2) is 36.4 Å². The quantitative estimate of drug-likeness (QED) is 0.846. The van der Waals surface area contributed by atoms with Crippen LogP contribution in [-0.2, 0) is 17.8 Å². The molecule has 0 aromatic heterocycles. The number of carbonyl (C=O) groups is 1. The molecule has 0 unspecified atom stereocenters. The van der Waals surface area contributed by atoms with Gasteiger partial charge in [0, 0.05) is 31.7 Å². The summed E-state index contributed by atoms with van der Waals surface area (Å²) in [5, 5.41) is 13.3. The number of amides is 1. The van der Waals surface area contributed by atoms with Gasteiger partial charge in [-0.2, -0.15) is 0 Å². The number of hydrogen-bond donors (Lipinski definition) is 2. The fourth-order valence-electron chi connectivity index (χ4n) is 3.76. The van der Waals surface area contributed by atoms with Gasteiger partial charge in [0.1, 0.15) is 18.0 Å². The second-order valence-electron chi connectivity index (χ2n) is 7.36. The number of aryl methyl sites for hydroxylation is 1. The molecule has 2 heterocycles. The molecule has 28 heavy (non-hydrogen) atoms. The van der Waals surface area contributed by atoms with Gasteiger partial charge >= 0.3 is 0 Å². The van der Waals surface area contributed by atoms with E-state index < -0.39 is 17.7 Å². The number of aliphatic hydroxyl groups is 1. The van der Waals surface area contributed by atoms with Crippen molar-refractivity contribution in [1.29, 1.82) is 0 Å². The molecular weight excluding hydrogens is 366 g/mol. The number of nitrogens with one attached hydrogen (secondary N) is 1. The van der Waals surface area contributed by atoms with E-state index in [-0.39, 0.29) is 12.0 Å². The van der Waals surface area contributed by atoms with E-state index in [1.54, 1.807) is 12.1 Å². The Labute approximate surface area is 161 Å². The average molecular weight is 388 g/mol. The zero-order chi connectivity index (χ0) is 19.7. The lowest BCUT2D eigenvalue weighted by molar-refractivity contribution is -0.116. The van der Waals surface area contributed by atoms with Gasteiger partial charge in [-0.25, -0.2) is 8.78 Å². The third-order valence-corrected chi connectivity index (χ3v) is 5.25. The number of aliphatic hydroxyl groups excluding tert-OH is 1. The van der Waals surface area contributed by atoms with E-state index in [0.717, 1.165) is 17.3 Å². The van der Waals surface area contributed by atoms with Gasteiger partial charge in [0.2, 0.25) is 5.91 Å². The Morgan fingerprint density at radius 3 is 2.79 bits per heavy atom. The van der Waals surface area contributed by atoms with E-state index in [4.69, 9.17) is 4.74 Å². The number of fused-ring (bicyclic) bond motifs is 1. The topological polar surface area (TPSA) is 61.8 Å². The summed E-state index contributed by atoms with van der Waals surface area (Å²) in [5.41, 5.74) is 2.51. The second kappa shape index (κ2) is 7.85. The molecule has 1 amide bonds. The summed E-state index contributed by atoms with van der Waals surface area (Å²) < 4.78 is 32.4. The number of hydrogen-bond acceptors (Lipinski definition) is 4. The van der Waals surface area contributed by atoms with Crippen molar-refractivity contribution in [3.05, 3.63) is 59.2 Å². The minimum atomic E-state index is -0.861. The first kappa shape index (κ1) is 18.8. The van der Waals surface area contributed by atoms with Crippen LogP contribution in [0, 0.1) is 11.6 Å². The van der Waals surface area contributed by atoms with E-state index >= 15 is 0 Å². The highest BCUT2D eigenvalue weighted by atomic mass is 19.2. The minimum Gasteiger partial charge on any atom is -0.488 e. The number of anilines is 1. The molecule has 2 aliphatic rings. The number of benzene rings is 2. The third-order valence-electron chi connectivity index (χ3n) is 5.25. The molecule has 2 aromatic carbocycles. The molecule has 2 aromatic rings. The van der Waals surface area contributed by atoms with Crippen molar-refractivity contribution < 1.29 is 23.4 Å². The fourth-order valence-corrected chi connectivity index (χ4v) is 3.76. The second-order valence-corrected chi connectivity index (χ2v) is 7.36. The summed E-state index contributed by atoms with van der Waals surface area (Å²) in [4.78, 5) is 13.4. The van der Waals surface area contributed by atoms with Gasteiger partial charge in [0.15, 0.2) is 11.6 Å². The number of nitrogens with zero attached hydrogens (tertiary/aromatic N) is 1. The van der Waals surface area contributed by atoms with Crippen molar-refractivity contribution in [1.82, 2.24) is 4.90 Å². The summed E-state index contributed by atoms with van der Waals surface area (Å²) in [7, 11) is 0. The predicted octanol–water partition coefficient (Wildman–Crippen LogP) is 2.86. The van der Waals surface area contributed by atoms with Gasteiger partial charge in [0.05, 0.1) is 0 Å². The summed E-state index contributed by atoms with van der Waals surface area (Å²) in [5.74, 6) is -1.03. The number of carbonyl (C=O) groups excluding carboxylic acids is 1. The lowest BCUT2D eigenvalue weighted by Gasteiger charge is -2.36. The number of rotatable bonds is 4. The van der Waals surface area contributed by atoms with Gasteiger partial charge < -0.3 is 15.2 Å². The van der Waals surface area contributed by atoms with E-state index in [1.807, 2.05) is 17.0 Å². The first-order chi connectivity index (χ1) is 13.5. The Balaban J connectivity index is 1.35. The monoisotopic (exact) mass is 388 g/mol. The Morgan fingerprint density at radius 2 is 2.00 bits per heavy atom. The molecule has 148 valence electrons. The molecule has 0 radical (unpaired) electrons. The number of likely N-dealkylation sites (tertiary alicyclic amines) is 1. The van der Waals surface area contributed by atoms with Crippen LogP contribution in [0.1, 0.15) is 24.0 Å². The summed E-state index contributed by atoms with van der Waals surface area (Å²) in [6.45, 7) is 1.52. The summed E-state index contributed by atoms with van der Waals surface area (Å²) >= 11 is 0. The zero-order valence-electron chi connectivity index (χ0n) is 15.3. The molecule has 2 aliphatic heterocycles. The molecule has 5 nitrogen and oxygen atoms in total. The molecule has 7 heteroatoms. The zero-order valence-corrected chi connectivity index (χ0v) is 15.3. The fraction of sp³-hybridized carbons (Fsp3) is 0.381. The molecule has 2 atom stereocenters. The number of ether oxygens (including phenoxy) is 1. The maximum Gasteiger partial charge on any atom is 0.224 e. The van der Waals surface area contributed by atoms with Crippen molar-refractivity contribution >= 4 is 11.6 Å². The van der Waals surface area contributed by atoms with Crippen LogP contribution in [0.2, 0.25) is 0 Å². The largest absolute Gasteiger partial charge is 0.488 e. The van der Waals surface area contributed by atoms with Crippen LogP contribution < -0.4 is 10.1 Å². The Bertz CT molecular complexity index is 890. The van der Waals surface area contributed by atoms with Crippen molar-refractivity contribution in [2.24, 2.45) is 0 Å². The van der Waals surface area contributed by atoms with Crippen LogP contribution in [0.4, 0.5) is 14.5 Å². The molecule has 0 spiro atoms. The lowest BCUT2D eigenvalue weighted by atomic mass is 10.0. The Kier molecular flexibility index (Phi) is 5.28. The number of β-amino-alcohol motifs (C(OH)–C–C–N with tert-alkyl or cyclic N) is 1. The predicted molar refractivity (Wildman–Crippen MR) is 100 cm³/mol. The van der Waals surface area contributed by atoms with Gasteiger partial charge in [-0.1, -0.05) is 6.07 Å². The standard InChI is InChI=1S/C21H22F2N2O3/c22-16-4-1-13(9-17(16)23)11-25-8-7-20(19(26)12-25)28-15-3-5-18-14(10-15)2-6-21(27)24-18/h1,3-5,9-10,19-20,26H,2,6-8,11-12H2,(H,24,27)/t19-,20-/m1/s1. The van der Waals surface area contributed by atoms with Gasteiger partial charge in [-0.15, -0.1) is 0 Å². The van der Waals surface area contributed by atoms with Gasteiger partial charge in [0.25, 0.3) is 0 Å². The van der Waals surface area contributed by atoms with E-state index in [0.29, 0.717) is 50.2 Å². The normalized spacial score (nSPS) is 22.5. The SMILES string of the molecule is O=C1CCc2cc(O[C@@H]3CCN(Cc4ccc(F)c(F)c4)C[C@H]3O)ccc2N1. The molecule has 0 bridgehead atoms. The van der Waals surface area contributed by atoms with Crippen LogP contribution in [0.25, 0.3) is 0 Å². The summed E-state index contributed by atoms with van der Waals surface area (Å²) in [6, 6.07) is 9.40. The Morgan fingerprint density at radius 1 is 1.14 bits per heavy atom. The number of halogens is 2. The number of piperidine rings is 1. The highest BCUT2D eigenvalue weighted by Gasteiger charge is 2.29. The molecule has 0 saturated carbocycles. The van der Waals surface area contributed by atoms with Crippen molar-refractivity contribution in [2.45, 2.75) is 38.0 Å². The maximum absolute atomic E-state index is 13.4. The van der Waals surface area contributed by atoms with Crippen molar-refractivity contribution in [2.75, 3.05) is 18.4 Å². The van der Waals surface area contributed by atoms with Gasteiger partial charge in [-0.05, 0) is 54.3 Å². The van der Waals surface area contributed by atoms with Crippen LogP contribution in [-0.4, -0.2) is 41.2 Å².